The van der Waals surface area contributed by atoms with Crippen molar-refractivity contribution in [3.8, 4) is 0 Å². The fourth-order valence-electron chi connectivity index (χ4n) is 3.11. The zero-order valence-corrected chi connectivity index (χ0v) is 12.8. The van der Waals surface area contributed by atoms with Crippen molar-refractivity contribution >= 4 is 11.7 Å². The topological polar surface area (TPSA) is 37.3 Å². The third-order valence-electron chi connectivity index (χ3n) is 4.26. The van der Waals surface area contributed by atoms with E-state index < -0.39 is 0 Å². The molecule has 5 heteroatoms. The van der Waals surface area contributed by atoms with Gasteiger partial charge in [-0.05, 0) is 49.7 Å². The van der Waals surface area contributed by atoms with Gasteiger partial charge in [-0.15, -0.1) is 0 Å². The number of fused-ring (bicyclic) bond motifs is 1. The molecule has 0 spiro atoms. The number of aryl methyl sites for hydroxylation is 1. The molecule has 1 N–H and O–H groups in total. The van der Waals surface area contributed by atoms with Crippen LogP contribution in [-0.4, -0.2) is 22.0 Å². The Morgan fingerprint density at radius 2 is 1.95 bits per heavy atom. The molecule has 1 aromatic carbocycles. The lowest BCUT2D eigenvalue weighted by Gasteiger charge is -2.37. The van der Waals surface area contributed by atoms with E-state index in [9.17, 15) is 9.18 Å². The summed E-state index contributed by atoms with van der Waals surface area (Å²) in [5.74, 6) is -0.310. The number of urea groups is 1. The van der Waals surface area contributed by atoms with Crippen molar-refractivity contribution in [2.45, 2.75) is 32.9 Å². The molecule has 2 amide bonds. The number of amides is 2. The predicted molar refractivity (Wildman–Crippen MR) is 84.3 cm³/mol. The fraction of sp³-hybridized carbons (Fsp3) is 0.353. The SMILES string of the molecule is CC[C@H]1c2ccc(C)n2CCN1C(=O)Nc1ccc(F)cc1. The van der Waals surface area contributed by atoms with Crippen molar-refractivity contribution in [2.75, 3.05) is 11.9 Å². The first-order chi connectivity index (χ1) is 10.6. The second-order valence-corrected chi connectivity index (χ2v) is 5.61. The van der Waals surface area contributed by atoms with Crippen LogP contribution in [0.3, 0.4) is 0 Å². The number of aromatic nitrogens is 1. The number of nitrogens with zero attached hydrogens (tertiary/aromatic N) is 2. The van der Waals surface area contributed by atoms with Gasteiger partial charge in [-0.2, -0.15) is 0 Å². The van der Waals surface area contributed by atoms with Crippen LogP contribution in [0.25, 0.3) is 0 Å². The molecule has 22 heavy (non-hydrogen) atoms. The van der Waals surface area contributed by atoms with Crippen LogP contribution in [0.2, 0.25) is 0 Å². The van der Waals surface area contributed by atoms with Gasteiger partial charge in [-0.25, -0.2) is 9.18 Å². The highest BCUT2D eigenvalue weighted by Crippen LogP contribution is 2.30. The van der Waals surface area contributed by atoms with Crippen LogP contribution in [0.15, 0.2) is 36.4 Å². The Balaban J connectivity index is 1.79. The number of hydrogen-bond donors (Lipinski definition) is 1. The molecule has 0 bridgehead atoms. The zero-order chi connectivity index (χ0) is 15.7. The summed E-state index contributed by atoms with van der Waals surface area (Å²) in [4.78, 5) is 14.4. The van der Waals surface area contributed by atoms with E-state index in [4.69, 9.17) is 0 Å². The summed E-state index contributed by atoms with van der Waals surface area (Å²) < 4.78 is 15.2. The number of halogens is 1. The van der Waals surface area contributed by atoms with Gasteiger partial charge in [0.2, 0.25) is 0 Å². The number of carbonyl (C=O) groups is 1. The van der Waals surface area contributed by atoms with Crippen molar-refractivity contribution in [1.29, 1.82) is 0 Å². The number of hydrogen-bond acceptors (Lipinski definition) is 1. The summed E-state index contributed by atoms with van der Waals surface area (Å²) in [6.07, 6.45) is 0.861. The third-order valence-corrected chi connectivity index (χ3v) is 4.26. The summed E-state index contributed by atoms with van der Waals surface area (Å²) in [7, 11) is 0. The molecule has 0 unspecified atom stereocenters. The van der Waals surface area contributed by atoms with Gasteiger partial charge in [0.15, 0.2) is 0 Å². The Morgan fingerprint density at radius 1 is 1.23 bits per heavy atom. The lowest BCUT2D eigenvalue weighted by molar-refractivity contribution is 0.165. The largest absolute Gasteiger partial charge is 0.345 e. The molecule has 0 aliphatic carbocycles. The Kier molecular flexibility index (Phi) is 3.88. The number of nitrogens with one attached hydrogen (secondary N) is 1. The Morgan fingerprint density at radius 3 is 2.64 bits per heavy atom. The molecule has 0 radical (unpaired) electrons. The van der Waals surface area contributed by atoms with Crippen molar-refractivity contribution in [3.05, 3.63) is 53.6 Å². The van der Waals surface area contributed by atoms with Gasteiger partial charge >= 0.3 is 6.03 Å². The summed E-state index contributed by atoms with van der Waals surface area (Å²) in [6.45, 7) is 5.65. The molecular formula is C17H20FN3O. The summed E-state index contributed by atoms with van der Waals surface area (Å²) >= 11 is 0. The van der Waals surface area contributed by atoms with Crippen LogP contribution in [0, 0.1) is 12.7 Å². The van der Waals surface area contributed by atoms with Crippen molar-refractivity contribution in [2.24, 2.45) is 0 Å². The minimum Gasteiger partial charge on any atom is -0.345 e. The van der Waals surface area contributed by atoms with Crippen LogP contribution in [-0.2, 0) is 6.54 Å². The fourth-order valence-corrected chi connectivity index (χ4v) is 3.11. The molecule has 1 atom stereocenters. The molecule has 3 rings (SSSR count). The molecule has 0 saturated carbocycles. The van der Waals surface area contributed by atoms with E-state index in [1.807, 2.05) is 4.90 Å². The summed E-state index contributed by atoms with van der Waals surface area (Å²) in [5.41, 5.74) is 3.02. The lowest BCUT2D eigenvalue weighted by atomic mass is 10.1. The van der Waals surface area contributed by atoms with Crippen molar-refractivity contribution < 1.29 is 9.18 Å². The Bertz CT molecular complexity index is 678. The molecular weight excluding hydrogens is 281 g/mol. The van der Waals surface area contributed by atoms with Gasteiger partial charge in [0, 0.05) is 30.2 Å². The highest BCUT2D eigenvalue weighted by molar-refractivity contribution is 5.89. The summed E-state index contributed by atoms with van der Waals surface area (Å²) in [5, 5.41) is 2.85. The van der Waals surface area contributed by atoms with Crippen LogP contribution >= 0.6 is 0 Å². The van der Waals surface area contributed by atoms with Crippen LogP contribution in [0.4, 0.5) is 14.9 Å². The van der Waals surface area contributed by atoms with Gasteiger partial charge in [-0.3, -0.25) is 0 Å². The maximum atomic E-state index is 12.9. The maximum Gasteiger partial charge on any atom is 0.322 e. The van der Waals surface area contributed by atoms with Gasteiger partial charge in [0.25, 0.3) is 0 Å². The quantitative estimate of drug-likeness (QED) is 0.896. The van der Waals surface area contributed by atoms with Crippen molar-refractivity contribution in [1.82, 2.24) is 9.47 Å². The molecule has 1 aromatic heterocycles. The zero-order valence-electron chi connectivity index (χ0n) is 12.8. The van der Waals surface area contributed by atoms with Gasteiger partial charge < -0.3 is 14.8 Å². The lowest BCUT2D eigenvalue weighted by Crippen LogP contribution is -2.44. The van der Waals surface area contributed by atoms with Gasteiger partial charge in [-0.1, -0.05) is 6.92 Å². The van der Waals surface area contributed by atoms with E-state index in [0.29, 0.717) is 12.2 Å². The number of carbonyl (C=O) groups excluding carboxylic acids is 1. The predicted octanol–water partition coefficient (Wildman–Crippen LogP) is 3.93. The van der Waals surface area contributed by atoms with E-state index >= 15 is 0 Å². The molecule has 2 heterocycles. The Labute approximate surface area is 129 Å². The van der Waals surface area contributed by atoms with E-state index in [-0.39, 0.29) is 17.9 Å². The second-order valence-electron chi connectivity index (χ2n) is 5.61. The van der Waals surface area contributed by atoms with Gasteiger partial charge in [0.05, 0.1) is 6.04 Å². The molecule has 4 nitrogen and oxygen atoms in total. The minimum atomic E-state index is -0.310. The molecule has 0 fully saturated rings. The van der Waals surface area contributed by atoms with E-state index in [1.165, 1.54) is 23.5 Å². The highest BCUT2D eigenvalue weighted by atomic mass is 19.1. The number of rotatable bonds is 2. The maximum absolute atomic E-state index is 12.9. The minimum absolute atomic E-state index is 0.0721. The molecule has 0 saturated heterocycles. The van der Waals surface area contributed by atoms with E-state index in [2.05, 4.69) is 35.9 Å². The van der Waals surface area contributed by atoms with Crippen LogP contribution in [0.5, 0.6) is 0 Å². The number of anilines is 1. The number of benzene rings is 1. The van der Waals surface area contributed by atoms with E-state index in [1.54, 1.807) is 12.1 Å². The normalized spacial score (nSPS) is 17.2. The highest BCUT2D eigenvalue weighted by Gasteiger charge is 2.30. The first-order valence-electron chi connectivity index (χ1n) is 7.59. The average Bonchev–Trinajstić information content (AvgIpc) is 2.90. The third kappa shape index (κ3) is 2.58. The standard InChI is InChI=1S/C17H20FN3O/c1-3-15-16-9-4-12(2)20(16)10-11-21(15)17(22)19-14-7-5-13(18)6-8-14/h4-9,15H,3,10-11H2,1-2H3,(H,19,22)/t15-/m0/s1. The first-order valence-corrected chi connectivity index (χ1v) is 7.59. The monoisotopic (exact) mass is 301 g/mol. The molecule has 2 aromatic rings. The Hall–Kier alpha value is -2.30. The molecule has 1 aliphatic heterocycles. The van der Waals surface area contributed by atoms with E-state index in [0.717, 1.165) is 13.0 Å². The van der Waals surface area contributed by atoms with Crippen LogP contribution in [0.1, 0.15) is 30.8 Å². The smallest absolute Gasteiger partial charge is 0.322 e. The first kappa shape index (κ1) is 14.6. The van der Waals surface area contributed by atoms with Crippen molar-refractivity contribution in [3.63, 3.8) is 0 Å². The summed E-state index contributed by atoms with van der Waals surface area (Å²) in [6, 6.07) is 9.97. The second kappa shape index (κ2) is 5.83. The molecule has 116 valence electrons. The molecule has 1 aliphatic rings. The average molecular weight is 301 g/mol. The van der Waals surface area contributed by atoms with Crippen LogP contribution < -0.4 is 5.32 Å². The van der Waals surface area contributed by atoms with Gasteiger partial charge in [0.1, 0.15) is 5.82 Å².